The Morgan fingerprint density at radius 2 is 2.25 bits per heavy atom. The SMILES string of the molecule is Cc1cncc(CNCCN(C)C2CC2)c1. The lowest BCUT2D eigenvalue weighted by molar-refractivity contribution is 0.321. The van der Waals surface area contributed by atoms with Gasteiger partial charge in [-0.1, -0.05) is 6.07 Å². The van der Waals surface area contributed by atoms with Gasteiger partial charge in [-0.05, 0) is 37.9 Å². The molecule has 1 aliphatic carbocycles. The zero-order valence-electron chi connectivity index (χ0n) is 10.2. The van der Waals surface area contributed by atoms with Crippen LogP contribution >= 0.6 is 0 Å². The molecule has 1 N–H and O–H groups in total. The fourth-order valence-electron chi connectivity index (χ4n) is 1.90. The Morgan fingerprint density at radius 1 is 1.44 bits per heavy atom. The average molecular weight is 219 g/mol. The highest BCUT2D eigenvalue weighted by Crippen LogP contribution is 2.24. The summed E-state index contributed by atoms with van der Waals surface area (Å²) in [6, 6.07) is 3.05. The molecule has 1 aromatic heterocycles. The third-order valence-corrected chi connectivity index (χ3v) is 3.07. The summed E-state index contributed by atoms with van der Waals surface area (Å²) in [6.07, 6.45) is 6.60. The second kappa shape index (κ2) is 5.41. The summed E-state index contributed by atoms with van der Waals surface area (Å²) in [6.45, 7) is 5.20. The number of likely N-dealkylation sites (N-methyl/N-ethyl adjacent to an activating group) is 1. The Hall–Kier alpha value is -0.930. The Kier molecular flexibility index (Phi) is 3.91. The zero-order chi connectivity index (χ0) is 11.4. The first kappa shape index (κ1) is 11.6. The Labute approximate surface area is 97.9 Å². The van der Waals surface area contributed by atoms with E-state index in [4.69, 9.17) is 0 Å². The molecule has 1 heterocycles. The van der Waals surface area contributed by atoms with E-state index in [1.54, 1.807) is 0 Å². The lowest BCUT2D eigenvalue weighted by atomic mass is 10.2. The molecule has 1 fully saturated rings. The molecule has 0 atom stereocenters. The van der Waals surface area contributed by atoms with Crippen LogP contribution in [0.1, 0.15) is 24.0 Å². The van der Waals surface area contributed by atoms with E-state index in [9.17, 15) is 0 Å². The number of aryl methyl sites for hydroxylation is 1. The van der Waals surface area contributed by atoms with Crippen molar-refractivity contribution < 1.29 is 0 Å². The molecular weight excluding hydrogens is 198 g/mol. The molecule has 0 radical (unpaired) electrons. The van der Waals surface area contributed by atoms with Gasteiger partial charge in [0.1, 0.15) is 0 Å². The van der Waals surface area contributed by atoms with E-state index in [1.165, 1.54) is 24.0 Å². The van der Waals surface area contributed by atoms with Crippen LogP contribution in [0.25, 0.3) is 0 Å². The van der Waals surface area contributed by atoms with Crippen molar-refractivity contribution in [2.75, 3.05) is 20.1 Å². The fraction of sp³-hybridized carbons (Fsp3) is 0.615. The van der Waals surface area contributed by atoms with Gasteiger partial charge in [0, 0.05) is 38.1 Å². The maximum atomic E-state index is 4.19. The van der Waals surface area contributed by atoms with Crippen molar-refractivity contribution >= 4 is 0 Å². The van der Waals surface area contributed by atoms with Gasteiger partial charge in [-0.15, -0.1) is 0 Å². The van der Waals surface area contributed by atoms with Crippen LogP contribution in [-0.2, 0) is 6.54 Å². The van der Waals surface area contributed by atoms with Crippen LogP contribution in [-0.4, -0.2) is 36.1 Å². The summed E-state index contributed by atoms with van der Waals surface area (Å²) in [7, 11) is 2.22. The molecule has 1 saturated carbocycles. The van der Waals surface area contributed by atoms with Gasteiger partial charge >= 0.3 is 0 Å². The number of nitrogens with zero attached hydrogens (tertiary/aromatic N) is 2. The summed E-state index contributed by atoms with van der Waals surface area (Å²) >= 11 is 0. The first-order chi connectivity index (χ1) is 7.75. The van der Waals surface area contributed by atoms with Gasteiger partial charge < -0.3 is 10.2 Å². The van der Waals surface area contributed by atoms with E-state index in [2.05, 4.69) is 35.2 Å². The molecule has 16 heavy (non-hydrogen) atoms. The van der Waals surface area contributed by atoms with E-state index in [0.29, 0.717) is 0 Å². The maximum absolute atomic E-state index is 4.19. The highest BCUT2D eigenvalue weighted by molar-refractivity contribution is 5.16. The molecular formula is C13H21N3. The molecule has 88 valence electrons. The first-order valence-electron chi connectivity index (χ1n) is 6.07. The standard InChI is InChI=1S/C13H21N3/c1-11-7-12(10-15-8-11)9-14-5-6-16(2)13-3-4-13/h7-8,10,13-14H,3-6,9H2,1-2H3. The number of hydrogen-bond acceptors (Lipinski definition) is 3. The third-order valence-electron chi connectivity index (χ3n) is 3.07. The second-order valence-electron chi connectivity index (χ2n) is 4.76. The minimum atomic E-state index is 0.863. The molecule has 1 aliphatic rings. The van der Waals surface area contributed by atoms with Gasteiger partial charge in [-0.25, -0.2) is 0 Å². The number of hydrogen-bond donors (Lipinski definition) is 1. The summed E-state index contributed by atoms with van der Waals surface area (Å²) in [4.78, 5) is 6.63. The van der Waals surface area contributed by atoms with Crippen LogP contribution in [0.2, 0.25) is 0 Å². The molecule has 0 aliphatic heterocycles. The van der Waals surface area contributed by atoms with Gasteiger partial charge in [0.2, 0.25) is 0 Å². The normalized spacial score (nSPS) is 15.7. The predicted molar refractivity (Wildman–Crippen MR) is 66.3 cm³/mol. The topological polar surface area (TPSA) is 28.2 Å². The van der Waals surface area contributed by atoms with Crippen molar-refractivity contribution in [1.82, 2.24) is 15.2 Å². The molecule has 0 saturated heterocycles. The molecule has 0 bridgehead atoms. The predicted octanol–water partition coefficient (Wildman–Crippen LogP) is 1.57. The van der Waals surface area contributed by atoms with Gasteiger partial charge in [0.05, 0.1) is 0 Å². The Bertz CT molecular complexity index is 334. The van der Waals surface area contributed by atoms with Gasteiger partial charge in [0.25, 0.3) is 0 Å². The lowest BCUT2D eigenvalue weighted by Crippen LogP contribution is -2.30. The number of aromatic nitrogens is 1. The van der Waals surface area contributed by atoms with E-state index in [0.717, 1.165) is 25.7 Å². The Morgan fingerprint density at radius 3 is 2.94 bits per heavy atom. The average Bonchev–Trinajstić information content (AvgIpc) is 3.08. The van der Waals surface area contributed by atoms with E-state index in [-0.39, 0.29) is 0 Å². The van der Waals surface area contributed by atoms with Crippen molar-refractivity contribution in [3.8, 4) is 0 Å². The molecule has 1 aromatic rings. The van der Waals surface area contributed by atoms with Crippen LogP contribution in [0.3, 0.4) is 0 Å². The van der Waals surface area contributed by atoms with Gasteiger partial charge in [0.15, 0.2) is 0 Å². The van der Waals surface area contributed by atoms with Crippen LogP contribution < -0.4 is 5.32 Å². The smallest absolute Gasteiger partial charge is 0.0313 e. The highest BCUT2D eigenvalue weighted by Gasteiger charge is 2.25. The van der Waals surface area contributed by atoms with Crippen molar-refractivity contribution in [1.29, 1.82) is 0 Å². The molecule has 0 aromatic carbocycles. The monoisotopic (exact) mass is 219 g/mol. The molecule has 0 spiro atoms. The molecule has 3 heteroatoms. The van der Waals surface area contributed by atoms with Crippen LogP contribution in [0.4, 0.5) is 0 Å². The summed E-state index contributed by atoms with van der Waals surface area (Å²) in [5, 5.41) is 3.46. The quantitative estimate of drug-likeness (QED) is 0.736. The zero-order valence-corrected chi connectivity index (χ0v) is 10.2. The fourth-order valence-corrected chi connectivity index (χ4v) is 1.90. The molecule has 3 nitrogen and oxygen atoms in total. The largest absolute Gasteiger partial charge is 0.311 e. The first-order valence-corrected chi connectivity index (χ1v) is 6.07. The summed E-state index contributed by atoms with van der Waals surface area (Å²) in [5.74, 6) is 0. The van der Waals surface area contributed by atoms with Crippen LogP contribution in [0, 0.1) is 6.92 Å². The third kappa shape index (κ3) is 3.58. The number of rotatable bonds is 6. The summed E-state index contributed by atoms with van der Waals surface area (Å²) < 4.78 is 0. The van der Waals surface area contributed by atoms with Crippen molar-refractivity contribution in [2.45, 2.75) is 32.4 Å². The second-order valence-corrected chi connectivity index (χ2v) is 4.76. The minimum Gasteiger partial charge on any atom is -0.311 e. The minimum absolute atomic E-state index is 0.863. The molecule has 0 unspecified atom stereocenters. The van der Waals surface area contributed by atoms with Crippen LogP contribution in [0.15, 0.2) is 18.5 Å². The van der Waals surface area contributed by atoms with Crippen molar-refractivity contribution in [3.05, 3.63) is 29.6 Å². The van der Waals surface area contributed by atoms with Crippen molar-refractivity contribution in [3.63, 3.8) is 0 Å². The van der Waals surface area contributed by atoms with Crippen molar-refractivity contribution in [2.24, 2.45) is 0 Å². The van der Waals surface area contributed by atoms with Crippen LogP contribution in [0.5, 0.6) is 0 Å². The highest BCUT2D eigenvalue weighted by atomic mass is 15.2. The van der Waals surface area contributed by atoms with E-state index < -0.39 is 0 Å². The van der Waals surface area contributed by atoms with Gasteiger partial charge in [-0.2, -0.15) is 0 Å². The Balaban J connectivity index is 1.63. The van der Waals surface area contributed by atoms with E-state index in [1.807, 2.05) is 12.4 Å². The lowest BCUT2D eigenvalue weighted by Gasteiger charge is -2.15. The van der Waals surface area contributed by atoms with E-state index >= 15 is 0 Å². The molecule has 0 amide bonds. The number of pyridine rings is 1. The van der Waals surface area contributed by atoms with Gasteiger partial charge in [-0.3, -0.25) is 4.98 Å². The number of nitrogens with one attached hydrogen (secondary N) is 1. The summed E-state index contributed by atoms with van der Waals surface area (Å²) in [5.41, 5.74) is 2.50. The molecule has 2 rings (SSSR count). The maximum Gasteiger partial charge on any atom is 0.0313 e.